The van der Waals surface area contributed by atoms with Gasteiger partial charge in [-0.3, -0.25) is 0 Å². The molecule has 3 aliphatic rings. The molecule has 4 heteroatoms. The first-order chi connectivity index (χ1) is 12.5. The number of esters is 1. The molecular weight excluding hydrogens is 328 g/mol. The van der Waals surface area contributed by atoms with Crippen LogP contribution in [0.4, 0.5) is 0 Å². The zero-order chi connectivity index (χ0) is 18.6. The van der Waals surface area contributed by atoms with Gasteiger partial charge in [0.05, 0.1) is 13.2 Å². The fourth-order valence-electron chi connectivity index (χ4n) is 4.86. The lowest BCUT2D eigenvalue weighted by Gasteiger charge is -2.37. The van der Waals surface area contributed by atoms with E-state index in [9.17, 15) is 4.79 Å². The van der Waals surface area contributed by atoms with Gasteiger partial charge in [-0.25, -0.2) is 4.79 Å². The summed E-state index contributed by atoms with van der Waals surface area (Å²) in [6, 6.07) is 0. The van der Waals surface area contributed by atoms with Crippen molar-refractivity contribution in [1.29, 1.82) is 0 Å². The summed E-state index contributed by atoms with van der Waals surface area (Å²) in [7, 11) is 1.49. The Hall–Kier alpha value is -1.13. The van der Waals surface area contributed by atoms with Crippen LogP contribution in [0.1, 0.15) is 78.1 Å². The highest BCUT2D eigenvalue weighted by molar-refractivity contribution is 5.91. The number of rotatable bonds is 6. The average molecular weight is 363 g/mol. The van der Waals surface area contributed by atoms with Gasteiger partial charge in [0, 0.05) is 12.2 Å². The van der Waals surface area contributed by atoms with Crippen molar-refractivity contribution in [2.45, 2.75) is 90.4 Å². The molecule has 1 fully saturated rings. The second kappa shape index (κ2) is 8.71. The van der Waals surface area contributed by atoms with Crippen LogP contribution in [0.3, 0.4) is 0 Å². The normalized spacial score (nSPS) is 32.5. The second-order valence-corrected chi connectivity index (χ2v) is 8.34. The Labute approximate surface area is 158 Å². The van der Waals surface area contributed by atoms with Crippen molar-refractivity contribution in [3.8, 4) is 0 Å². The summed E-state index contributed by atoms with van der Waals surface area (Å²) >= 11 is 0. The van der Waals surface area contributed by atoms with Gasteiger partial charge in [-0.2, -0.15) is 0 Å². The van der Waals surface area contributed by atoms with E-state index >= 15 is 0 Å². The number of allylic oxidation sites excluding steroid dienone is 2. The quantitative estimate of drug-likeness (QED) is 0.488. The summed E-state index contributed by atoms with van der Waals surface area (Å²) < 4.78 is 17.1. The molecule has 2 aliphatic carbocycles. The highest BCUT2D eigenvalue weighted by Crippen LogP contribution is 2.46. The first-order valence-electron chi connectivity index (χ1n) is 10.3. The largest absolute Gasteiger partial charge is 0.466 e. The van der Waals surface area contributed by atoms with Gasteiger partial charge in [0.15, 0.2) is 6.29 Å². The summed E-state index contributed by atoms with van der Waals surface area (Å²) in [6.07, 6.45) is 13.2. The second-order valence-electron chi connectivity index (χ2n) is 8.34. The van der Waals surface area contributed by atoms with Gasteiger partial charge in [-0.05, 0) is 82.1 Å². The SMILES string of the molecule is COC(=O)C1=C(C)CCC[C@@]1(C)CCC1=CCC[C@H]1O[C@H]1CCCCO1. The highest BCUT2D eigenvalue weighted by Gasteiger charge is 2.38. The predicted octanol–water partition coefficient (Wildman–Crippen LogP) is 5.08. The molecule has 1 heterocycles. The van der Waals surface area contributed by atoms with E-state index in [-0.39, 0.29) is 23.8 Å². The van der Waals surface area contributed by atoms with E-state index in [0.29, 0.717) is 0 Å². The summed E-state index contributed by atoms with van der Waals surface area (Å²) in [6.45, 7) is 5.14. The van der Waals surface area contributed by atoms with Crippen LogP contribution in [0, 0.1) is 5.41 Å². The van der Waals surface area contributed by atoms with Crippen molar-refractivity contribution in [1.82, 2.24) is 0 Å². The predicted molar refractivity (Wildman–Crippen MR) is 102 cm³/mol. The Morgan fingerprint density at radius 2 is 2.15 bits per heavy atom. The summed E-state index contributed by atoms with van der Waals surface area (Å²) in [5.41, 5.74) is 3.42. The Balaban J connectivity index is 1.62. The van der Waals surface area contributed by atoms with E-state index in [1.165, 1.54) is 24.7 Å². The standard InChI is InChI=1S/C22H34O4/c1-16-8-7-13-22(2,20(16)21(23)24-3)14-12-17-9-6-10-18(17)26-19-11-4-5-15-25-19/h9,18-19H,4-8,10-15H2,1-3H3/t18-,19+,22+/m1/s1. The molecule has 0 N–H and O–H groups in total. The van der Waals surface area contributed by atoms with Crippen molar-refractivity contribution in [2.75, 3.05) is 13.7 Å². The van der Waals surface area contributed by atoms with E-state index < -0.39 is 0 Å². The fourth-order valence-corrected chi connectivity index (χ4v) is 4.86. The minimum atomic E-state index is -0.145. The van der Waals surface area contributed by atoms with E-state index in [2.05, 4.69) is 19.9 Å². The number of methoxy groups -OCH3 is 1. The van der Waals surface area contributed by atoms with Gasteiger partial charge in [0.1, 0.15) is 0 Å². The molecule has 4 nitrogen and oxygen atoms in total. The van der Waals surface area contributed by atoms with Crippen molar-refractivity contribution < 1.29 is 19.0 Å². The van der Waals surface area contributed by atoms with Gasteiger partial charge >= 0.3 is 5.97 Å². The summed E-state index contributed by atoms with van der Waals surface area (Å²) in [4.78, 5) is 12.4. The van der Waals surface area contributed by atoms with Gasteiger partial charge in [-0.15, -0.1) is 0 Å². The molecular formula is C22H34O4. The van der Waals surface area contributed by atoms with Crippen LogP contribution in [-0.4, -0.2) is 32.1 Å². The molecule has 3 rings (SSSR count). The number of hydrogen-bond donors (Lipinski definition) is 0. The molecule has 0 spiro atoms. The third-order valence-corrected chi connectivity index (χ3v) is 6.37. The summed E-state index contributed by atoms with van der Waals surface area (Å²) in [5.74, 6) is -0.145. The van der Waals surface area contributed by atoms with Gasteiger partial charge in [0.2, 0.25) is 0 Å². The highest BCUT2D eigenvalue weighted by atomic mass is 16.7. The average Bonchev–Trinajstić information content (AvgIpc) is 3.07. The van der Waals surface area contributed by atoms with Crippen LogP contribution in [0.5, 0.6) is 0 Å². The van der Waals surface area contributed by atoms with Crippen molar-refractivity contribution in [3.05, 3.63) is 22.8 Å². The Kier molecular flexibility index (Phi) is 6.57. The number of ether oxygens (including phenoxy) is 3. The number of carbonyl (C=O) groups is 1. The molecule has 1 aliphatic heterocycles. The van der Waals surface area contributed by atoms with E-state index in [4.69, 9.17) is 14.2 Å². The molecule has 0 amide bonds. The number of carbonyl (C=O) groups excluding carboxylic acids is 1. The first kappa shape index (κ1) is 19.6. The molecule has 0 unspecified atom stereocenters. The lowest BCUT2D eigenvalue weighted by atomic mass is 9.68. The maximum Gasteiger partial charge on any atom is 0.334 e. The van der Waals surface area contributed by atoms with Crippen LogP contribution in [0.25, 0.3) is 0 Å². The first-order valence-corrected chi connectivity index (χ1v) is 10.3. The van der Waals surface area contributed by atoms with Crippen molar-refractivity contribution in [3.63, 3.8) is 0 Å². The van der Waals surface area contributed by atoms with Gasteiger partial charge in [0.25, 0.3) is 0 Å². The minimum absolute atomic E-state index is 0.0340. The van der Waals surface area contributed by atoms with Crippen LogP contribution in [-0.2, 0) is 19.0 Å². The van der Waals surface area contributed by atoms with Crippen LogP contribution in [0.15, 0.2) is 22.8 Å². The topological polar surface area (TPSA) is 44.8 Å². The third kappa shape index (κ3) is 4.40. The van der Waals surface area contributed by atoms with E-state index in [0.717, 1.165) is 70.0 Å². The maximum absolute atomic E-state index is 12.4. The molecule has 26 heavy (non-hydrogen) atoms. The lowest BCUT2D eigenvalue weighted by Crippen LogP contribution is -2.31. The third-order valence-electron chi connectivity index (χ3n) is 6.37. The smallest absolute Gasteiger partial charge is 0.334 e. The molecule has 1 saturated heterocycles. The molecule has 146 valence electrons. The monoisotopic (exact) mass is 362 g/mol. The lowest BCUT2D eigenvalue weighted by molar-refractivity contribution is -0.180. The molecule has 0 aromatic rings. The molecule has 0 saturated carbocycles. The molecule has 3 atom stereocenters. The van der Waals surface area contributed by atoms with E-state index in [1.807, 2.05) is 0 Å². The molecule has 0 aromatic carbocycles. The zero-order valence-corrected chi connectivity index (χ0v) is 16.6. The minimum Gasteiger partial charge on any atom is -0.466 e. The van der Waals surface area contributed by atoms with Crippen LogP contribution < -0.4 is 0 Å². The van der Waals surface area contributed by atoms with Crippen LogP contribution >= 0.6 is 0 Å². The molecule has 0 radical (unpaired) electrons. The zero-order valence-electron chi connectivity index (χ0n) is 16.6. The Bertz CT molecular complexity index is 571. The van der Waals surface area contributed by atoms with Gasteiger partial charge < -0.3 is 14.2 Å². The maximum atomic E-state index is 12.4. The van der Waals surface area contributed by atoms with Crippen LogP contribution in [0.2, 0.25) is 0 Å². The van der Waals surface area contributed by atoms with E-state index in [1.54, 1.807) is 0 Å². The van der Waals surface area contributed by atoms with Gasteiger partial charge in [-0.1, -0.05) is 18.6 Å². The Morgan fingerprint density at radius 3 is 2.88 bits per heavy atom. The molecule has 0 aromatic heterocycles. The Morgan fingerprint density at radius 1 is 1.31 bits per heavy atom. The number of hydrogen-bond acceptors (Lipinski definition) is 4. The molecule has 0 bridgehead atoms. The van der Waals surface area contributed by atoms with Crippen molar-refractivity contribution >= 4 is 5.97 Å². The van der Waals surface area contributed by atoms with Crippen molar-refractivity contribution in [2.24, 2.45) is 5.41 Å². The fraction of sp³-hybridized carbons (Fsp3) is 0.773. The summed E-state index contributed by atoms with van der Waals surface area (Å²) in [5, 5.41) is 0.